The van der Waals surface area contributed by atoms with E-state index in [4.69, 9.17) is 11.6 Å². The van der Waals surface area contributed by atoms with Crippen molar-refractivity contribution in [3.05, 3.63) is 34.9 Å². The molecule has 1 nitrogen and oxygen atoms in total. The maximum Gasteiger partial charge on any atom is 0.0406 e. The Morgan fingerprint density at radius 1 is 1.20 bits per heavy atom. The molecule has 1 aromatic carbocycles. The Morgan fingerprint density at radius 2 is 1.80 bits per heavy atom. The lowest BCUT2D eigenvalue weighted by Gasteiger charge is -2.22. The molecule has 0 aliphatic carbocycles. The molecular formula is C13H20ClN. The SMILES string of the molecule is CCCNC(c1ccc(Cl)cc1)C(C)C. The van der Waals surface area contributed by atoms with Crippen LogP contribution in [0.4, 0.5) is 0 Å². The Labute approximate surface area is 97.8 Å². The zero-order chi connectivity index (χ0) is 11.3. The van der Waals surface area contributed by atoms with Crippen LogP contribution >= 0.6 is 11.6 Å². The summed E-state index contributed by atoms with van der Waals surface area (Å²) >= 11 is 5.88. The van der Waals surface area contributed by atoms with Crippen molar-refractivity contribution in [1.29, 1.82) is 0 Å². The molecule has 0 aromatic heterocycles. The van der Waals surface area contributed by atoms with Gasteiger partial charge in [-0.1, -0.05) is 44.5 Å². The fraction of sp³-hybridized carbons (Fsp3) is 0.538. The largest absolute Gasteiger partial charge is 0.310 e. The second-order valence-electron chi connectivity index (χ2n) is 4.23. The summed E-state index contributed by atoms with van der Waals surface area (Å²) in [4.78, 5) is 0. The van der Waals surface area contributed by atoms with Gasteiger partial charge in [-0.15, -0.1) is 0 Å². The van der Waals surface area contributed by atoms with E-state index >= 15 is 0 Å². The van der Waals surface area contributed by atoms with Crippen molar-refractivity contribution in [2.45, 2.75) is 33.2 Å². The molecule has 1 N–H and O–H groups in total. The van der Waals surface area contributed by atoms with Crippen LogP contribution in [0.2, 0.25) is 5.02 Å². The van der Waals surface area contributed by atoms with E-state index in [-0.39, 0.29) is 0 Å². The highest BCUT2D eigenvalue weighted by atomic mass is 35.5. The van der Waals surface area contributed by atoms with Crippen molar-refractivity contribution in [3.8, 4) is 0 Å². The molecule has 1 unspecified atom stereocenters. The molecule has 0 fully saturated rings. The minimum atomic E-state index is 0.433. The lowest BCUT2D eigenvalue weighted by molar-refractivity contribution is 0.413. The molecule has 0 bridgehead atoms. The van der Waals surface area contributed by atoms with E-state index in [2.05, 4.69) is 38.2 Å². The van der Waals surface area contributed by atoms with Crippen LogP contribution in [0.25, 0.3) is 0 Å². The molecule has 1 rings (SSSR count). The van der Waals surface area contributed by atoms with Gasteiger partial charge < -0.3 is 5.32 Å². The minimum Gasteiger partial charge on any atom is -0.310 e. The summed E-state index contributed by atoms with van der Waals surface area (Å²) in [5.41, 5.74) is 1.32. The first-order chi connectivity index (χ1) is 7.15. The van der Waals surface area contributed by atoms with Crippen LogP contribution < -0.4 is 5.32 Å². The summed E-state index contributed by atoms with van der Waals surface area (Å²) in [6.07, 6.45) is 1.16. The fourth-order valence-electron chi connectivity index (χ4n) is 1.71. The van der Waals surface area contributed by atoms with Crippen molar-refractivity contribution in [3.63, 3.8) is 0 Å². The Hall–Kier alpha value is -0.530. The van der Waals surface area contributed by atoms with Crippen molar-refractivity contribution in [2.75, 3.05) is 6.54 Å². The summed E-state index contributed by atoms with van der Waals surface area (Å²) < 4.78 is 0. The molecule has 0 heterocycles. The second-order valence-corrected chi connectivity index (χ2v) is 4.66. The molecule has 84 valence electrons. The number of halogens is 1. The molecule has 2 heteroatoms. The molecule has 0 saturated heterocycles. The van der Waals surface area contributed by atoms with Gasteiger partial charge in [0, 0.05) is 11.1 Å². The average Bonchev–Trinajstić information content (AvgIpc) is 2.21. The first-order valence-electron chi connectivity index (χ1n) is 5.64. The third kappa shape index (κ3) is 3.84. The first kappa shape index (κ1) is 12.5. The van der Waals surface area contributed by atoms with Crippen LogP contribution in [0.3, 0.4) is 0 Å². The van der Waals surface area contributed by atoms with Crippen LogP contribution in [0.15, 0.2) is 24.3 Å². The smallest absolute Gasteiger partial charge is 0.0406 e. The zero-order valence-electron chi connectivity index (χ0n) is 9.76. The Bertz CT molecular complexity index is 279. The number of hydrogen-bond acceptors (Lipinski definition) is 1. The van der Waals surface area contributed by atoms with E-state index in [1.807, 2.05) is 12.1 Å². The molecule has 1 aromatic rings. The molecular weight excluding hydrogens is 206 g/mol. The van der Waals surface area contributed by atoms with Crippen molar-refractivity contribution in [1.82, 2.24) is 5.32 Å². The minimum absolute atomic E-state index is 0.433. The Balaban J connectivity index is 2.74. The third-order valence-electron chi connectivity index (χ3n) is 2.51. The van der Waals surface area contributed by atoms with E-state index in [0.717, 1.165) is 18.0 Å². The topological polar surface area (TPSA) is 12.0 Å². The van der Waals surface area contributed by atoms with E-state index in [0.29, 0.717) is 12.0 Å². The van der Waals surface area contributed by atoms with Crippen molar-refractivity contribution >= 4 is 11.6 Å². The van der Waals surface area contributed by atoms with E-state index in [1.54, 1.807) is 0 Å². The van der Waals surface area contributed by atoms with Crippen LogP contribution in [0.5, 0.6) is 0 Å². The lowest BCUT2D eigenvalue weighted by Crippen LogP contribution is -2.26. The maximum absolute atomic E-state index is 5.88. The summed E-state index contributed by atoms with van der Waals surface area (Å²) in [5.74, 6) is 0.595. The Morgan fingerprint density at radius 3 is 2.27 bits per heavy atom. The second kappa shape index (κ2) is 6.14. The van der Waals surface area contributed by atoms with Gasteiger partial charge in [-0.05, 0) is 36.6 Å². The highest BCUT2D eigenvalue weighted by Crippen LogP contribution is 2.22. The summed E-state index contributed by atoms with van der Waals surface area (Å²) in [7, 11) is 0. The molecule has 15 heavy (non-hydrogen) atoms. The van der Waals surface area contributed by atoms with Gasteiger partial charge in [0.15, 0.2) is 0 Å². The van der Waals surface area contributed by atoms with Crippen molar-refractivity contribution in [2.24, 2.45) is 5.92 Å². The molecule has 0 radical (unpaired) electrons. The predicted octanol–water partition coefficient (Wildman–Crippen LogP) is 4.04. The molecule has 0 aliphatic rings. The lowest BCUT2D eigenvalue weighted by atomic mass is 9.96. The molecule has 0 aliphatic heterocycles. The van der Waals surface area contributed by atoms with E-state index < -0.39 is 0 Å². The van der Waals surface area contributed by atoms with Gasteiger partial charge in [0.25, 0.3) is 0 Å². The number of nitrogens with one attached hydrogen (secondary N) is 1. The van der Waals surface area contributed by atoms with Crippen LogP contribution in [0, 0.1) is 5.92 Å². The van der Waals surface area contributed by atoms with Gasteiger partial charge >= 0.3 is 0 Å². The summed E-state index contributed by atoms with van der Waals surface area (Å²) in [6.45, 7) is 7.72. The summed E-state index contributed by atoms with van der Waals surface area (Å²) in [6, 6.07) is 8.56. The molecule has 0 saturated carbocycles. The normalized spacial score (nSPS) is 13.1. The van der Waals surface area contributed by atoms with Gasteiger partial charge in [-0.3, -0.25) is 0 Å². The van der Waals surface area contributed by atoms with Gasteiger partial charge in [-0.2, -0.15) is 0 Å². The predicted molar refractivity (Wildman–Crippen MR) is 67.3 cm³/mol. The van der Waals surface area contributed by atoms with Crippen LogP contribution in [0.1, 0.15) is 38.8 Å². The van der Waals surface area contributed by atoms with E-state index in [9.17, 15) is 0 Å². The maximum atomic E-state index is 5.88. The van der Waals surface area contributed by atoms with Gasteiger partial charge in [0.1, 0.15) is 0 Å². The average molecular weight is 226 g/mol. The first-order valence-corrected chi connectivity index (χ1v) is 6.01. The van der Waals surface area contributed by atoms with E-state index in [1.165, 1.54) is 5.56 Å². The zero-order valence-corrected chi connectivity index (χ0v) is 10.5. The molecule has 1 atom stereocenters. The third-order valence-corrected chi connectivity index (χ3v) is 2.76. The fourth-order valence-corrected chi connectivity index (χ4v) is 1.83. The quantitative estimate of drug-likeness (QED) is 0.798. The molecule has 0 amide bonds. The van der Waals surface area contributed by atoms with Gasteiger partial charge in [0.2, 0.25) is 0 Å². The highest BCUT2D eigenvalue weighted by Gasteiger charge is 2.14. The monoisotopic (exact) mass is 225 g/mol. The van der Waals surface area contributed by atoms with Gasteiger partial charge in [0.05, 0.1) is 0 Å². The number of rotatable bonds is 5. The van der Waals surface area contributed by atoms with Crippen LogP contribution in [-0.2, 0) is 0 Å². The Kier molecular flexibility index (Phi) is 5.13. The highest BCUT2D eigenvalue weighted by molar-refractivity contribution is 6.30. The number of hydrogen-bond donors (Lipinski definition) is 1. The van der Waals surface area contributed by atoms with Crippen molar-refractivity contribution < 1.29 is 0 Å². The number of benzene rings is 1. The van der Waals surface area contributed by atoms with Crippen LogP contribution in [-0.4, -0.2) is 6.54 Å². The van der Waals surface area contributed by atoms with Gasteiger partial charge in [-0.25, -0.2) is 0 Å². The standard InChI is InChI=1S/C13H20ClN/c1-4-9-15-13(10(2)3)11-5-7-12(14)8-6-11/h5-8,10,13,15H,4,9H2,1-3H3. The summed E-state index contributed by atoms with van der Waals surface area (Å²) in [5, 5.41) is 4.36. The molecule has 0 spiro atoms.